The fourth-order valence-corrected chi connectivity index (χ4v) is 3.76. The smallest absolute Gasteiger partial charge is 0.377 e. The lowest BCUT2D eigenvalue weighted by molar-refractivity contribution is 0.0321. The maximum absolute atomic E-state index is 5.90. The van der Waals surface area contributed by atoms with Crippen molar-refractivity contribution in [3.05, 3.63) is 0 Å². The van der Waals surface area contributed by atoms with E-state index in [1.165, 1.54) is 0 Å². The molecule has 0 atom stereocenters. The molecule has 0 saturated carbocycles. The zero-order valence-corrected chi connectivity index (χ0v) is 11.6. The van der Waals surface area contributed by atoms with Crippen LogP contribution in [0.4, 0.5) is 0 Å². The van der Waals surface area contributed by atoms with E-state index in [-0.39, 0.29) is 0 Å². The highest BCUT2D eigenvalue weighted by Gasteiger charge is 2.38. The van der Waals surface area contributed by atoms with E-state index in [9.17, 15) is 0 Å². The first-order valence-electron chi connectivity index (χ1n) is 5.93. The highest BCUT2D eigenvalue weighted by molar-refractivity contribution is 6.60. The molecule has 0 unspecified atom stereocenters. The van der Waals surface area contributed by atoms with Gasteiger partial charge in [-0.15, -0.1) is 0 Å². The number of nitrogens with zero attached hydrogens (tertiary/aromatic N) is 1. The molecule has 0 aliphatic carbocycles. The third-order valence-electron chi connectivity index (χ3n) is 2.85. The second-order valence-corrected chi connectivity index (χ2v) is 6.95. The summed E-state index contributed by atoms with van der Waals surface area (Å²) < 4.78 is 16.8. The summed E-state index contributed by atoms with van der Waals surface area (Å²) in [6.07, 6.45) is 1.02. The molecule has 1 N–H and O–H groups in total. The summed E-state index contributed by atoms with van der Waals surface area (Å²) in [5, 5.41) is 3.32. The predicted octanol–water partition coefficient (Wildman–Crippen LogP) is 0.507. The van der Waals surface area contributed by atoms with E-state index in [0.717, 1.165) is 38.6 Å². The second kappa shape index (κ2) is 7.36. The minimum Gasteiger partial charge on any atom is -0.377 e. The molecule has 0 amide bonds. The monoisotopic (exact) mass is 248 g/mol. The summed E-state index contributed by atoms with van der Waals surface area (Å²) in [6, 6.07) is 0.881. The van der Waals surface area contributed by atoms with E-state index in [1.807, 2.05) is 0 Å². The van der Waals surface area contributed by atoms with Crippen molar-refractivity contribution < 1.29 is 13.3 Å². The molecule has 1 saturated heterocycles. The summed E-state index contributed by atoms with van der Waals surface area (Å²) in [6.45, 7) is 6.87. The summed E-state index contributed by atoms with van der Waals surface area (Å²) in [5.41, 5.74) is 0. The van der Waals surface area contributed by atoms with Crippen LogP contribution in [0.15, 0.2) is 0 Å². The minimum atomic E-state index is -2.39. The van der Waals surface area contributed by atoms with Crippen molar-refractivity contribution in [2.75, 3.05) is 47.1 Å². The van der Waals surface area contributed by atoms with Gasteiger partial charge in [0.15, 0.2) is 0 Å². The minimum absolute atomic E-state index is 0.621. The van der Waals surface area contributed by atoms with Gasteiger partial charge in [-0.3, -0.25) is 4.90 Å². The van der Waals surface area contributed by atoms with Gasteiger partial charge in [-0.2, -0.15) is 0 Å². The lowest BCUT2D eigenvalue weighted by Gasteiger charge is -2.32. The van der Waals surface area contributed by atoms with Crippen molar-refractivity contribution in [2.24, 2.45) is 0 Å². The van der Waals surface area contributed by atoms with Crippen molar-refractivity contribution in [1.29, 1.82) is 0 Å². The Morgan fingerprint density at radius 3 is 2.31 bits per heavy atom. The molecule has 0 aromatic heterocycles. The largest absolute Gasteiger partial charge is 0.501 e. The van der Waals surface area contributed by atoms with Crippen molar-refractivity contribution in [1.82, 2.24) is 10.2 Å². The molecule has 0 aromatic carbocycles. The zero-order valence-electron chi connectivity index (χ0n) is 10.6. The van der Waals surface area contributed by atoms with Crippen LogP contribution in [0.2, 0.25) is 6.04 Å². The van der Waals surface area contributed by atoms with Crippen LogP contribution in [-0.2, 0) is 13.3 Å². The van der Waals surface area contributed by atoms with Crippen LogP contribution in [0, 0.1) is 0 Å². The molecule has 1 aliphatic rings. The Labute approximate surface area is 99.4 Å². The molecule has 0 radical (unpaired) electrons. The van der Waals surface area contributed by atoms with Gasteiger partial charge in [0.1, 0.15) is 0 Å². The van der Waals surface area contributed by atoms with E-state index in [0.29, 0.717) is 6.73 Å². The SMILES string of the molecule is CCC[Si](OC)(OC)OCN1CCNCC1. The summed E-state index contributed by atoms with van der Waals surface area (Å²) >= 11 is 0. The molecule has 1 rings (SSSR count). The molecule has 0 spiro atoms. The molecule has 6 heteroatoms. The summed E-state index contributed by atoms with van der Waals surface area (Å²) in [5.74, 6) is 0. The molecular weight excluding hydrogens is 224 g/mol. The topological polar surface area (TPSA) is 43.0 Å². The van der Waals surface area contributed by atoms with Crippen LogP contribution >= 0.6 is 0 Å². The van der Waals surface area contributed by atoms with Crippen LogP contribution < -0.4 is 5.32 Å². The summed E-state index contributed by atoms with van der Waals surface area (Å²) in [4.78, 5) is 2.28. The van der Waals surface area contributed by atoms with Crippen molar-refractivity contribution in [3.8, 4) is 0 Å². The van der Waals surface area contributed by atoms with E-state index in [4.69, 9.17) is 13.3 Å². The highest BCUT2D eigenvalue weighted by atomic mass is 28.4. The fourth-order valence-electron chi connectivity index (χ4n) is 1.81. The predicted molar refractivity (Wildman–Crippen MR) is 65.3 cm³/mol. The normalized spacial score (nSPS) is 18.9. The quantitative estimate of drug-likeness (QED) is 0.665. The number of rotatable bonds is 7. The molecule has 1 heterocycles. The summed E-state index contributed by atoms with van der Waals surface area (Å²) in [7, 11) is 0.978. The Hall–Kier alpha value is 0.0169. The van der Waals surface area contributed by atoms with Crippen LogP contribution in [0.1, 0.15) is 13.3 Å². The van der Waals surface area contributed by atoms with Crippen molar-refractivity contribution in [2.45, 2.75) is 19.4 Å². The van der Waals surface area contributed by atoms with Gasteiger partial charge in [0.2, 0.25) is 0 Å². The van der Waals surface area contributed by atoms with Crippen molar-refractivity contribution in [3.63, 3.8) is 0 Å². The first kappa shape index (κ1) is 14.1. The Balaban J connectivity index is 2.35. The van der Waals surface area contributed by atoms with Crippen LogP contribution in [0.3, 0.4) is 0 Å². The number of nitrogens with one attached hydrogen (secondary N) is 1. The molecule has 96 valence electrons. The third kappa shape index (κ3) is 4.12. The first-order valence-corrected chi connectivity index (χ1v) is 7.87. The molecule has 0 aromatic rings. The van der Waals surface area contributed by atoms with Gasteiger partial charge >= 0.3 is 8.80 Å². The van der Waals surface area contributed by atoms with E-state index in [1.54, 1.807) is 14.2 Å². The molecule has 1 aliphatic heterocycles. The van der Waals surface area contributed by atoms with Crippen LogP contribution in [0.25, 0.3) is 0 Å². The lowest BCUT2D eigenvalue weighted by atomic mass is 10.4. The van der Waals surface area contributed by atoms with Gasteiger partial charge in [0, 0.05) is 46.4 Å². The molecule has 1 fully saturated rings. The maximum atomic E-state index is 5.90. The zero-order chi connectivity index (χ0) is 11.9. The Morgan fingerprint density at radius 2 is 1.81 bits per heavy atom. The van der Waals surface area contributed by atoms with Gasteiger partial charge in [0.05, 0.1) is 6.73 Å². The Kier molecular flexibility index (Phi) is 6.48. The Morgan fingerprint density at radius 1 is 1.19 bits per heavy atom. The number of piperazine rings is 1. The van der Waals surface area contributed by atoms with Crippen LogP contribution in [-0.4, -0.2) is 60.8 Å². The van der Waals surface area contributed by atoms with Gasteiger partial charge < -0.3 is 18.6 Å². The van der Waals surface area contributed by atoms with E-state index in [2.05, 4.69) is 17.1 Å². The van der Waals surface area contributed by atoms with Gasteiger partial charge in [-0.25, -0.2) is 0 Å². The second-order valence-electron chi connectivity index (χ2n) is 3.98. The van der Waals surface area contributed by atoms with Gasteiger partial charge in [-0.05, 0) is 0 Å². The number of hydrogen-bond acceptors (Lipinski definition) is 5. The van der Waals surface area contributed by atoms with Crippen LogP contribution in [0.5, 0.6) is 0 Å². The maximum Gasteiger partial charge on any atom is 0.501 e. The standard InChI is InChI=1S/C10H24N2O3Si/c1-4-9-16(13-2,14-3)15-10-12-7-5-11-6-8-12/h11H,4-10H2,1-3H3. The van der Waals surface area contributed by atoms with Crippen molar-refractivity contribution >= 4 is 8.80 Å². The number of hydrogen-bond donors (Lipinski definition) is 1. The average molecular weight is 248 g/mol. The Bertz CT molecular complexity index is 185. The molecular formula is C10H24N2O3Si. The molecule has 5 nitrogen and oxygen atoms in total. The third-order valence-corrected chi connectivity index (χ3v) is 5.78. The fraction of sp³-hybridized carbons (Fsp3) is 1.00. The van der Waals surface area contributed by atoms with Gasteiger partial charge in [-0.1, -0.05) is 13.3 Å². The average Bonchev–Trinajstić information content (AvgIpc) is 2.36. The molecule has 16 heavy (non-hydrogen) atoms. The molecule has 0 bridgehead atoms. The van der Waals surface area contributed by atoms with E-state index >= 15 is 0 Å². The van der Waals surface area contributed by atoms with E-state index < -0.39 is 8.80 Å². The van der Waals surface area contributed by atoms with Gasteiger partial charge in [0.25, 0.3) is 0 Å². The first-order chi connectivity index (χ1) is 7.76. The highest BCUT2D eigenvalue weighted by Crippen LogP contribution is 2.16. The lowest BCUT2D eigenvalue weighted by Crippen LogP contribution is -2.50.